The highest BCUT2D eigenvalue weighted by Gasteiger charge is 2.13. The van der Waals surface area contributed by atoms with Crippen LogP contribution in [0.2, 0.25) is 0 Å². The Morgan fingerprint density at radius 1 is 1.08 bits per heavy atom. The van der Waals surface area contributed by atoms with Gasteiger partial charge in [-0.2, -0.15) is 0 Å². The second-order valence-electron chi connectivity index (χ2n) is 6.30. The van der Waals surface area contributed by atoms with Crippen molar-refractivity contribution in [3.8, 4) is 5.75 Å². The average Bonchev–Trinajstić information content (AvgIpc) is 2.53. The van der Waals surface area contributed by atoms with Gasteiger partial charge in [0.2, 0.25) is 0 Å². The molecule has 0 aliphatic carbocycles. The lowest BCUT2D eigenvalue weighted by Gasteiger charge is -2.15. The van der Waals surface area contributed by atoms with Gasteiger partial charge in [-0.05, 0) is 50.1 Å². The third-order valence-corrected chi connectivity index (χ3v) is 3.49. The van der Waals surface area contributed by atoms with Crippen LogP contribution in [0.3, 0.4) is 0 Å². The van der Waals surface area contributed by atoms with Crippen molar-refractivity contribution < 1.29 is 14.3 Å². The van der Waals surface area contributed by atoms with E-state index in [4.69, 9.17) is 4.74 Å². The normalized spacial score (nSPS) is 10.5. The van der Waals surface area contributed by atoms with Crippen molar-refractivity contribution in [3.05, 3.63) is 59.2 Å². The summed E-state index contributed by atoms with van der Waals surface area (Å²) in [7, 11) is 0. The van der Waals surface area contributed by atoms with Gasteiger partial charge in [0, 0.05) is 11.1 Å². The molecule has 0 aliphatic rings. The number of carbonyl (C=O) groups excluding carboxylic acids is 2. The van der Waals surface area contributed by atoms with Crippen molar-refractivity contribution in [2.45, 2.75) is 27.7 Å². The van der Waals surface area contributed by atoms with E-state index in [1.54, 1.807) is 24.3 Å². The minimum Gasteiger partial charge on any atom is -0.491 e. The molecule has 0 bridgehead atoms. The molecule has 1 N–H and O–H groups in total. The van der Waals surface area contributed by atoms with E-state index in [0.29, 0.717) is 35.1 Å². The number of carbonyl (C=O) groups is 2. The lowest BCUT2D eigenvalue weighted by atomic mass is 10.1. The van der Waals surface area contributed by atoms with Crippen LogP contribution in [-0.2, 0) is 0 Å². The van der Waals surface area contributed by atoms with Crippen molar-refractivity contribution in [3.63, 3.8) is 0 Å². The monoisotopic (exact) mass is 325 g/mol. The van der Waals surface area contributed by atoms with E-state index in [-0.39, 0.29) is 11.7 Å². The number of ether oxygens (including phenoxy) is 1. The van der Waals surface area contributed by atoms with Crippen LogP contribution in [0.5, 0.6) is 5.75 Å². The molecule has 1 amide bonds. The maximum Gasteiger partial charge on any atom is 0.255 e. The van der Waals surface area contributed by atoms with Gasteiger partial charge in [-0.1, -0.05) is 31.5 Å². The summed E-state index contributed by atoms with van der Waals surface area (Å²) >= 11 is 0. The molecule has 0 saturated carbocycles. The first-order chi connectivity index (χ1) is 11.4. The van der Waals surface area contributed by atoms with Crippen LogP contribution in [0.25, 0.3) is 0 Å². The van der Waals surface area contributed by atoms with Crippen LogP contribution in [0.15, 0.2) is 42.5 Å². The van der Waals surface area contributed by atoms with Crippen molar-refractivity contribution in [2.24, 2.45) is 5.92 Å². The number of Topliss-reactive ketones (excluding diaryl/α,β-unsaturated/α-hetero) is 1. The fraction of sp³-hybridized carbons (Fsp3) is 0.300. The number of hydrogen-bond donors (Lipinski definition) is 1. The minimum absolute atomic E-state index is 0.0588. The fourth-order valence-corrected chi connectivity index (χ4v) is 2.21. The SMILES string of the molecule is CC(=O)c1ccc(OCC(C)C)c(NC(=O)c2cccc(C)c2)c1. The highest BCUT2D eigenvalue weighted by molar-refractivity contribution is 6.06. The van der Waals surface area contributed by atoms with Crippen LogP contribution in [0.4, 0.5) is 5.69 Å². The van der Waals surface area contributed by atoms with Crippen molar-refractivity contribution in [1.29, 1.82) is 0 Å². The van der Waals surface area contributed by atoms with E-state index >= 15 is 0 Å². The number of hydrogen-bond acceptors (Lipinski definition) is 3. The average molecular weight is 325 g/mol. The Morgan fingerprint density at radius 3 is 2.46 bits per heavy atom. The molecule has 0 spiro atoms. The Kier molecular flexibility index (Phi) is 5.74. The molecule has 0 fully saturated rings. The van der Waals surface area contributed by atoms with Crippen LogP contribution in [0, 0.1) is 12.8 Å². The Balaban J connectivity index is 2.29. The molecule has 0 heterocycles. The van der Waals surface area contributed by atoms with E-state index in [2.05, 4.69) is 19.2 Å². The quantitative estimate of drug-likeness (QED) is 0.796. The van der Waals surface area contributed by atoms with E-state index < -0.39 is 0 Å². The van der Waals surface area contributed by atoms with Crippen LogP contribution < -0.4 is 10.1 Å². The molecule has 24 heavy (non-hydrogen) atoms. The summed E-state index contributed by atoms with van der Waals surface area (Å²) in [5, 5.41) is 2.86. The highest BCUT2D eigenvalue weighted by atomic mass is 16.5. The minimum atomic E-state index is -0.228. The Hall–Kier alpha value is -2.62. The molecule has 0 aliphatic heterocycles. The van der Waals surface area contributed by atoms with Gasteiger partial charge in [-0.25, -0.2) is 0 Å². The van der Waals surface area contributed by atoms with Crippen LogP contribution >= 0.6 is 0 Å². The lowest BCUT2D eigenvalue weighted by Crippen LogP contribution is -2.14. The Morgan fingerprint density at radius 2 is 1.83 bits per heavy atom. The summed E-state index contributed by atoms with van der Waals surface area (Å²) in [4.78, 5) is 24.1. The fourth-order valence-electron chi connectivity index (χ4n) is 2.21. The third-order valence-electron chi connectivity index (χ3n) is 3.49. The zero-order valence-corrected chi connectivity index (χ0v) is 14.6. The van der Waals surface area contributed by atoms with Crippen molar-refractivity contribution in [1.82, 2.24) is 0 Å². The van der Waals surface area contributed by atoms with E-state index in [0.717, 1.165) is 5.56 Å². The molecule has 0 atom stereocenters. The molecule has 2 aromatic carbocycles. The predicted molar refractivity (Wildman–Crippen MR) is 95.9 cm³/mol. The standard InChI is InChI=1S/C20H23NO3/c1-13(2)12-24-19-9-8-16(15(4)22)11-18(19)21-20(23)17-7-5-6-14(3)10-17/h5-11,13H,12H2,1-4H3,(H,21,23). The van der Waals surface area contributed by atoms with Gasteiger partial charge >= 0.3 is 0 Å². The maximum absolute atomic E-state index is 12.5. The number of anilines is 1. The van der Waals surface area contributed by atoms with E-state index in [1.165, 1.54) is 6.92 Å². The summed E-state index contributed by atoms with van der Waals surface area (Å²) in [6.07, 6.45) is 0. The largest absolute Gasteiger partial charge is 0.491 e. The summed E-state index contributed by atoms with van der Waals surface area (Å²) < 4.78 is 5.77. The lowest BCUT2D eigenvalue weighted by molar-refractivity contribution is 0.101. The number of ketones is 1. The molecule has 0 saturated heterocycles. The summed E-state index contributed by atoms with van der Waals surface area (Å²) in [6, 6.07) is 12.4. The number of nitrogens with one attached hydrogen (secondary N) is 1. The molecule has 0 unspecified atom stereocenters. The first-order valence-electron chi connectivity index (χ1n) is 8.02. The molecule has 4 nitrogen and oxygen atoms in total. The predicted octanol–water partition coefficient (Wildman–Crippen LogP) is 4.48. The highest BCUT2D eigenvalue weighted by Crippen LogP contribution is 2.27. The number of aryl methyl sites for hydroxylation is 1. The maximum atomic E-state index is 12.5. The molecule has 2 aromatic rings. The van der Waals surface area contributed by atoms with Gasteiger partial charge in [-0.3, -0.25) is 9.59 Å². The Bertz CT molecular complexity index is 750. The molecular weight excluding hydrogens is 302 g/mol. The first kappa shape index (κ1) is 17.7. The first-order valence-corrected chi connectivity index (χ1v) is 8.02. The molecule has 0 radical (unpaired) electrons. The second-order valence-corrected chi connectivity index (χ2v) is 6.30. The molecule has 0 aromatic heterocycles. The van der Waals surface area contributed by atoms with Gasteiger partial charge in [0.05, 0.1) is 12.3 Å². The summed E-state index contributed by atoms with van der Waals surface area (Å²) in [6.45, 7) is 8.07. The number of rotatable bonds is 6. The van der Waals surface area contributed by atoms with Gasteiger partial charge in [-0.15, -0.1) is 0 Å². The zero-order valence-electron chi connectivity index (χ0n) is 14.6. The molecule has 2 rings (SSSR count). The van der Waals surface area contributed by atoms with Crippen LogP contribution in [0.1, 0.15) is 47.1 Å². The molecule has 126 valence electrons. The summed E-state index contributed by atoms with van der Waals surface area (Å²) in [5.41, 5.74) is 2.62. The third kappa shape index (κ3) is 4.69. The van der Waals surface area contributed by atoms with Crippen molar-refractivity contribution >= 4 is 17.4 Å². The Labute approximate surface area is 142 Å². The van der Waals surface area contributed by atoms with E-state index in [1.807, 2.05) is 25.1 Å². The number of amides is 1. The topological polar surface area (TPSA) is 55.4 Å². The molecule has 4 heteroatoms. The zero-order chi connectivity index (χ0) is 17.7. The molecular formula is C20H23NO3. The number of benzene rings is 2. The summed E-state index contributed by atoms with van der Waals surface area (Å²) in [5.74, 6) is 0.637. The van der Waals surface area contributed by atoms with Crippen molar-refractivity contribution in [2.75, 3.05) is 11.9 Å². The second kappa shape index (κ2) is 7.77. The van der Waals surface area contributed by atoms with E-state index in [9.17, 15) is 9.59 Å². The van der Waals surface area contributed by atoms with Gasteiger partial charge < -0.3 is 10.1 Å². The smallest absolute Gasteiger partial charge is 0.255 e. The van der Waals surface area contributed by atoms with Gasteiger partial charge in [0.1, 0.15) is 5.75 Å². The van der Waals surface area contributed by atoms with Crippen LogP contribution in [-0.4, -0.2) is 18.3 Å². The van der Waals surface area contributed by atoms with Gasteiger partial charge in [0.25, 0.3) is 5.91 Å². The van der Waals surface area contributed by atoms with Gasteiger partial charge in [0.15, 0.2) is 5.78 Å².